The molecule has 0 radical (unpaired) electrons. The Bertz CT molecular complexity index is 592. The smallest absolute Gasteiger partial charge is 0.179 e. The van der Waals surface area contributed by atoms with Gasteiger partial charge >= 0.3 is 0 Å². The number of fused-ring (bicyclic) bond motifs is 1. The zero-order chi connectivity index (χ0) is 12.6. The summed E-state index contributed by atoms with van der Waals surface area (Å²) in [5.74, 6) is 0. The van der Waals surface area contributed by atoms with Gasteiger partial charge < -0.3 is 4.98 Å². The molecule has 0 aromatic carbocycles. The third-order valence-corrected chi connectivity index (χ3v) is 3.41. The van der Waals surface area contributed by atoms with Crippen LogP contribution in [-0.2, 0) is 5.54 Å². The van der Waals surface area contributed by atoms with E-state index in [1.807, 2.05) is 13.1 Å². The molecule has 2 aromatic heterocycles. The number of hydrogen-bond donors (Lipinski definition) is 1. The molecule has 0 aliphatic rings. The van der Waals surface area contributed by atoms with Crippen LogP contribution in [-0.4, -0.2) is 14.5 Å². The van der Waals surface area contributed by atoms with Gasteiger partial charge in [-0.25, -0.2) is 4.98 Å². The molecule has 0 saturated heterocycles. The van der Waals surface area contributed by atoms with Crippen molar-refractivity contribution < 1.29 is 0 Å². The second-order valence-corrected chi connectivity index (χ2v) is 5.60. The Balaban J connectivity index is 2.69. The molecule has 0 atom stereocenters. The summed E-state index contributed by atoms with van der Waals surface area (Å²) in [6.07, 6.45) is 4.11. The third-order valence-electron chi connectivity index (χ3n) is 3.13. The number of H-pyrrole nitrogens is 1. The first-order chi connectivity index (χ1) is 7.95. The zero-order valence-electron chi connectivity index (χ0n) is 10.9. The quantitative estimate of drug-likeness (QED) is 0.836. The molecule has 2 aromatic rings. The van der Waals surface area contributed by atoms with Crippen molar-refractivity contribution in [3.05, 3.63) is 22.6 Å². The zero-order valence-corrected chi connectivity index (χ0v) is 11.7. The van der Waals surface area contributed by atoms with Gasteiger partial charge in [0.05, 0.1) is 5.52 Å². The summed E-state index contributed by atoms with van der Waals surface area (Å²) in [6.45, 7) is 8.65. The average molecular weight is 249 g/mol. The van der Waals surface area contributed by atoms with Crippen molar-refractivity contribution in [2.24, 2.45) is 0 Å². The van der Waals surface area contributed by atoms with E-state index in [1.165, 1.54) is 0 Å². The summed E-state index contributed by atoms with van der Waals surface area (Å²) in [7, 11) is 0. The number of nitrogens with zero attached hydrogens (tertiary/aromatic N) is 2. The summed E-state index contributed by atoms with van der Waals surface area (Å²) in [5.41, 5.74) is 3.14. The van der Waals surface area contributed by atoms with E-state index in [0.29, 0.717) is 0 Å². The molecule has 0 amide bonds. The fourth-order valence-electron chi connectivity index (χ4n) is 2.38. The van der Waals surface area contributed by atoms with Crippen LogP contribution in [0.4, 0.5) is 0 Å². The Morgan fingerprint density at radius 1 is 1.47 bits per heavy atom. The first-order valence-electron chi connectivity index (χ1n) is 6.03. The van der Waals surface area contributed by atoms with Crippen LogP contribution in [0.1, 0.15) is 39.2 Å². The highest BCUT2D eigenvalue weighted by Crippen LogP contribution is 2.26. The van der Waals surface area contributed by atoms with Gasteiger partial charge in [-0.05, 0) is 51.0 Å². The van der Waals surface area contributed by atoms with Crippen molar-refractivity contribution in [2.75, 3.05) is 0 Å². The lowest BCUT2D eigenvalue weighted by Crippen LogP contribution is -2.26. The number of aromatic nitrogens is 3. The van der Waals surface area contributed by atoms with Crippen LogP contribution in [0.5, 0.6) is 0 Å². The van der Waals surface area contributed by atoms with E-state index in [9.17, 15) is 0 Å². The highest BCUT2D eigenvalue weighted by atomic mass is 32.1. The molecule has 0 fully saturated rings. The standard InChI is InChI=1S/C13H19N3S/c1-5-6-13(3,4)16-11-10(15-12(16)17)7-9(2)8-14-11/h7-8H,5-6H2,1-4H3,(H,15,17). The second-order valence-electron chi connectivity index (χ2n) is 5.21. The minimum atomic E-state index is 0.00629. The largest absolute Gasteiger partial charge is 0.329 e. The minimum Gasteiger partial charge on any atom is -0.329 e. The van der Waals surface area contributed by atoms with Gasteiger partial charge in [0.15, 0.2) is 10.4 Å². The SMILES string of the molecule is CCCC(C)(C)n1c(=S)[nH]c2cc(C)cnc21. The van der Waals surface area contributed by atoms with E-state index in [4.69, 9.17) is 12.2 Å². The number of hydrogen-bond acceptors (Lipinski definition) is 2. The lowest BCUT2D eigenvalue weighted by atomic mass is 9.99. The van der Waals surface area contributed by atoms with Gasteiger partial charge in [0.1, 0.15) is 0 Å². The topological polar surface area (TPSA) is 33.6 Å². The Morgan fingerprint density at radius 2 is 2.18 bits per heavy atom. The van der Waals surface area contributed by atoms with Gasteiger partial charge in [-0.15, -0.1) is 0 Å². The Hall–Kier alpha value is -1.16. The van der Waals surface area contributed by atoms with Crippen LogP contribution < -0.4 is 0 Å². The molecule has 2 rings (SSSR count). The Kier molecular flexibility index (Phi) is 3.08. The number of imidazole rings is 1. The van der Waals surface area contributed by atoms with Gasteiger partial charge in [-0.3, -0.25) is 4.57 Å². The first kappa shape index (κ1) is 12.3. The van der Waals surface area contributed by atoms with Gasteiger partial charge in [0.2, 0.25) is 0 Å². The molecule has 0 bridgehead atoms. The van der Waals surface area contributed by atoms with E-state index in [-0.39, 0.29) is 5.54 Å². The van der Waals surface area contributed by atoms with Crippen molar-refractivity contribution >= 4 is 23.4 Å². The molecular weight excluding hydrogens is 230 g/mol. The van der Waals surface area contributed by atoms with E-state index in [1.54, 1.807) is 0 Å². The molecule has 4 heteroatoms. The number of aryl methyl sites for hydroxylation is 1. The van der Waals surface area contributed by atoms with Crippen molar-refractivity contribution in [3.8, 4) is 0 Å². The number of rotatable bonds is 3. The average Bonchev–Trinajstić information content (AvgIpc) is 2.53. The number of pyridine rings is 1. The van der Waals surface area contributed by atoms with Gasteiger partial charge in [0, 0.05) is 11.7 Å². The van der Waals surface area contributed by atoms with Crippen molar-refractivity contribution in [2.45, 2.75) is 46.1 Å². The third kappa shape index (κ3) is 2.14. The molecule has 0 aliphatic heterocycles. The summed E-state index contributed by atoms with van der Waals surface area (Å²) < 4.78 is 2.90. The van der Waals surface area contributed by atoms with Gasteiger partial charge in [-0.1, -0.05) is 13.3 Å². The summed E-state index contributed by atoms with van der Waals surface area (Å²) >= 11 is 5.43. The fourth-order valence-corrected chi connectivity index (χ4v) is 2.83. The van der Waals surface area contributed by atoms with Gasteiger partial charge in [-0.2, -0.15) is 0 Å². The lowest BCUT2D eigenvalue weighted by Gasteiger charge is -2.26. The maximum Gasteiger partial charge on any atom is 0.179 e. The second kappa shape index (κ2) is 4.26. The van der Waals surface area contributed by atoms with Crippen LogP contribution in [0.15, 0.2) is 12.3 Å². The molecule has 0 unspecified atom stereocenters. The molecule has 92 valence electrons. The predicted molar refractivity (Wildman–Crippen MR) is 73.9 cm³/mol. The van der Waals surface area contributed by atoms with E-state index in [0.717, 1.165) is 34.3 Å². The summed E-state index contributed by atoms with van der Waals surface area (Å²) in [4.78, 5) is 7.76. The Labute approximate surface area is 107 Å². The normalized spacial score (nSPS) is 12.2. The summed E-state index contributed by atoms with van der Waals surface area (Å²) in [6, 6.07) is 2.09. The molecule has 3 nitrogen and oxygen atoms in total. The Morgan fingerprint density at radius 3 is 2.82 bits per heavy atom. The van der Waals surface area contributed by atoms with Crippen molar-refractivity contribution in [1.82, 2.24) is 14.5 Å². The molecule has 17 heavy (non-hydrogen) atoms. The molecule has 0 saturated carbocycles. The maximum absolute atomic E-state index is 5.43. The predicted octanol–water partition coefficient (Wildman–Crippen LogP) is 3.94. The van der Waals surface area contributed by atoms with Crippen LogP contribution in [0.3, 0.4) is 0 Å². The highest BCUT2D eigenvalue weighted by Gasteiger charge is 2.23. The summed E-state index contributed by atoms with van der Waals surface area (Å²) in [5, 5.41) is 0. The first-order valence-corrected chi connectivity index (χ1v) is 6.44. The molecule has 0 spiro atoms. The fraction of sp³-hybridized carbons (Fsp3) is 0.538. The van der Waals surface area contributed by atoms with E-state index in [2.05, 4.69) is 41.4 Å². The minimum absolute atomic E-state index is 0.00629. The molecule has 2 heterocycles. The molecule has 1 N–H and O–H groups in total. The monoisotopic (exact) mass is 249 g/mol. The lowest BCUT2D eigenvalue weighted by molar-refractivity contribution is 0.328. The molecule has 0 aliphatic carbocycles. The van der Waals surface area contributed by atoms with E-state index >= 15 is 0 Å². The van der Waals surface area contributed by atoms with Crippen LogP contribution in [0.25, 0.3) is 11.2 Å². The van der Waals surface area contributed by atoms with Crippen LogP contribution in [0.2, 0.25) is 0 Å². The van der Waals surface area contributed by atoms with E-state index < -0.39 is 0 Å². The number of nitrogens with one attached hydrogen (secondary N) is 1. The van der Waals surface area contributed by atoms with Crippen LogP contribution in [0, 0.1) is 11.7 Å². The van der Waals surface area contributed by atoms with Crippen molar-refractivity contribution in [3.63, 3.8) is 0 Å². The molecular formula is C13H19N3S. The van der Waals surface area contributed by atoms with Crippen LogP contribution >= 0.6 is 12.2 Å². The highest BCUT2D eigenvalue weighted by molar-refractivity contribution is 7.71. The maximum atomic E-state index is 5.43. The number of aromatic amines is 1. The van der Waals surface area contributed by atoms with Gasteiger partial charge in [0.25, 0.3) is 0 Å². The van der Waals surface area contributed by atoms with Crippen molar-refractivity contribution in [1.29, 1.82) is 0 Å².